The zero-order chi connectivity index (χ0) is 13.7. The maximum Gasteiger partial charge on any atom is 0.240 e. The Labute approximate surface area is 109 Å². The molecule has 0 saturated carbocycles. The van der Waals surface area contributed by atoms with Gasteiger partial charge < -0.3 is 16.4 Å². The summed E-state index contributed by atoms with van der Waals surface area (Å²) in [5.74, 6) is 0.352. The van der Waals surface area contributed by atoms with Gasteiger partial charge in [-0.15, -0.1) is 0 Å². The molecular weight excluding hydrogens is 230 g/mol. The van der Waals surface area contributed by atoms with Gasteiger partial charge in [-0.2, -0.15) is 0 Å². The second-order valence-corrected chi connectivity index (χ2v) is 5.58. The van der Waals surface area contributed by atoms with Gasteiger partial charge in [-0.25, -0.2) is 0 Å². The minimum atomic E-state index is -0.407. The molecule has 0 aromatic carbocycles. The molecule has 2 atom stereocenters. The summed E-state index contributed by atoms with van der Waals surface area (Å²) in [6, 6.07) is -0.407. The van der Waals surface area contributed by atoms with E-state index in [1.807, 2.05) is 0 Å². The van der Waals surface area contributed by atoms with Crippen LogP contribution in [0.1, 0.15) is 39.5 Å². The van der Waals surface area contributed by atoms with Crippen molar-refractivity contribution in [2.75, 3.05) is 13.1 Å². The third-order valence-corrected chi connectivity index (χ3v) is 3.50. The minimum Gasteiger partial charge on any atom is -0.368 e. The van der Waals surface area contributed by atoms with Gasteiger partial charge in [0.2, 0.25) is 11.8 Å². The second kappa shape index (κ2) is 6.73. The fourth-order valence-corrected chi connectivity index (χ4v) is 2.65. The van der Waals surface area contributed by atoms with Crippen molar-refractivity contribution >= 4 is 11.8 Å². The molecule has 2 amide bonds. The van der Waals surface area contributed by atoms with E-state index in [1.54, 1.807) is 4.90 Å². The third-order valence-electron chi connectivity index (χ3n) is 3.50. The largest absolute Gasteiger partial charge is 0.368 e. The molecule has 104 valence electrons. The van der Waals surface area contributed by atoms with Crippen LogP contribution in [-0.2, 0) is 9.59 Å². The number of primary amides is 1. The van der Waals surface area contributed by atoms with E-state index in [4.69, 9.17) is 11.5 Å². The maximum atomic E-state index is 12.2. The summed E-state index contributed by atoms with van der Waals surface area (Å²) in [4.78, 5) is 25.1. The van der Waals surface area contributed by atoms with Crippen molar-refractivity contribution in [3.05, 3.63) is 0 Å². The molecule has 1 heterocycles. The highest BCUT2D eigenvalue weighted by Gasteiger charge is 2.33. The van der Waals surface area contributed by atoms with Crippen molar-refractivity contribution in [3.8, 4) is 0 Å². The Bertz CT molecular complexity index is 305. The Morgan fingerprint density at radius 2 is 2.06 bits per heavy atom. The Kier molecular flexibility index (Phi) is 5.59. The maximum absolute atomic E-state index is 12.2. The highest BCUT2D eigenvalue weighted by Crippen LogP contribution is 2.21. The molecule has 4 N–H and O–H groups in total. The first kappa shape index (κ1) is 15.0. The lowest BCUT2D eigenvalue weighted by Gasteiger charge is -2.25. The lowest BCUT2D eigenvalue weighted by Crippen LogP contribution is -2.44. The lowest BCUT2D eigenvalue weighted by molar-refractivity contribution is -0.138. The molecule has 5 nitrogen and oxygen atoms in total. The van der Waals surface area contributed by atoms with Gasteiger partial charge in [-0.05, 0) is 37.6 Å². The summed E-state index contributed by atoms with van der Waals surface area (Å²) >= 11 is 0. The summed E-state index contributed by atoms with van der Waals surface area (Å²) in [6.45, 7) is 5.40. The van der Waals surface area contributed by atoms with Crippen LogP contribution in [0.15, 0.2) is 0 Å². The number of hydrogen-bond acceptors (Lipinski definition) is 3. The molecule has 0 aromatic heterocycles. The first-order valence-corrected chi connectivity index (χ1v) is 6.74. The van der Waals surface area contributed by atoms with Crippen molar-refractivity contribution in [1.29, 1.82) is 0 Å². The number of nitrogens with zero attached hydrogens (tertiary/aromatic N) is 1. The third kappa shape index (κ3) is 3.98. The van der Waals surface area contributed by atoms with Crippen LogP contribution in [0.4, 0.5) is 0 Å². The first-order valence-electron chi connectivity index (χ1n) is 6.74. The summed E-state index contributed by atoms with van der Waals surface area (Å²) in [7, 11) is 0. The number of carbonyl (C=O) groups is 2. The van der Waals surface area contributed by atoms with Gasteiger partial charge in [-0.3, -0.25) is 9.59 Å². The average molecular weight is 255 g/mol. The van der Waals surface area contributed by atoms with Gasteiger partial charge in [0, 0.05) is 13.0 Å². The predicted octanol–water partition coefficient (Wildman–Crippen LogP) is 0.474. The summed E-state index contributed by atoms with van der Waals surface area (Å²) in [5.41, 5.74) is 11.0. The Balaban J connectivity index is 2.55. The predicted molar refractivity (Wildman–Crippen MR) is 70.5 cm³/mol. The van der Waals surface area contributed by atoms with Crippen LogP contribution in [0.2, 0.25) is 0 Å². The summed E-state index contributed by atoms with van der Waals surface area (Å²) in [5, 5.41) is 0. The zero-order valence-corrected chi connectivity index (χ0v) is 11.4. The van der Waals surface area contributed by atoms with Crippen LogP contribution in [0, 0.1) is 11.8 Å². The Morgan fingerprint density at radius 3 is 2.56 bits per heavy atom. The van der Waals surface area contributed by atoms with Crippen molar-refractivity contribution < 1.29 is 9.59 Å². The molecular formula is C13H25N3O2. The Morgan fingerprint density at radius 1 is 1.39 bits per heavy atom. The van der Waals surface area contributed by atoms with Crippen LogP contribution in [0.25, 0.3) is 0 Å². The van der Waals surface area contributed by atoms with Gasteiger partial charge in [-0.1, -0.05) is 13.8 Å². The molecule has 0 aromatic rings. The monoisotopic (exact) mass is 255 g/mol. The van der Waals surface area contributed by atoms with Crippen molar-refractivity contribution in [3.63, 3.8) is 0 Å². The van der Waals surface area contributed by atoms with Crippen LogP contribution >= 0.6 is 0 Å². The lowest BCUT2D eigenvalue weighted by atomic mass is 9.93. The van der Waals surface area contributed by atoms with Crippen molar-refractivity contribution in [2.45, 2.75) is 45.6 Å². The molecule has 18 heavy (non-hydrogen) atoms. The van der Waals surface area contributed by atoms with E-state index in [9.17, 15) is 9.59 Å². The SMILES string of the molecule is CC(C)CC(CN)CC(=O)N1CCCC1C(N)=O. The highest BCUT2D eigenvalue weighted by atomic mass is 16.2. The van der Waals surface area contributed by atoms with Crippen LogP contribution in [-0.4, -0.2) is 35.8 Å². The molecule has 2 unspecified atom stereocenters. The van der Waals surface area contributed by atoms with E-state index >= 15 is 0 Å². The summed E-state index contributed by atoms with van der Waals surface area (Å²) < 4.78 is 0. The number of hydrogen-bond donors (Lipinski definition) is 2. The number of nitrogens with two attached hydrogens (primary N) is 2. The standard InChI is InChI=1S/C13H25N3O2/c1-9(2)6-10(8-14)7-12(17)16-5-3-4-11(16)13(15)18/h9-11H,3-8,14H2,1-2H3,(H2,15,18). The number of amides is 2. The smallest absolute Gasteiger partial charge is 0.240 e. The van der Waals surface area contributed by atoms with Crippen molar-refractivity contribution in [2.24, 2.45) is 23.3 Å². The average Bonchev–Trinajstić information content (AvgIpc) is 2.76. The van der Waals surface area contributed by atoms with Crippen LogP contribution in [0.3, 0.4) is 0 Å². The molecule has 1 saturated heterocycles. The van der Waals surface area contributed by atoms with Crippen LogP contribution in [0.5, 0.6) is 0 Å². The first-order chi connectivity index (χ1) is 8.45. The normalized spacial score (nSPS) is 21.3. The van der Waals surface area contributed by atoms with E-state index in [2.05, 4.69) is 13.8 Å². The second-order valence-electron chi connectivity index (χ2n) is 5.58. The fourth-order valence-electron chi connectivity index (χ4n) is 2.65. The van der Waals surface area contributed by atoms with Gasteiger partial charge in [0.05, 0.1) is 0 Å². The topological polar surface area (TPSA) is 89.4 Å². The van der Waals surface area contributed by atoms with Gasteiger partial charge in [0.1, 0.15) is 6.04 Å². The van der Waals surface area contributed by atoms with Crippen molar-refractivity contribution in [1.82, 2.24) is 4.90 Å². The molecule has 0 spiro atoms. The van der Waals surface area contributed by atoms with Gasteiger partial charge >= 0.3 is 0 Å². The fraction of sp³-hybridized carbons (Fsp3) is 0.846. The van der Waals surface area contributed by atoms with E-state index < -0.39 is 11.9 Å². The molecule has 0 aliphatic carbocycles. The molecule has 1 rings (SSSR count). The molecule has 1 aliphatic heterocycles. The van der Waals surface area contributed by atoms with Gasteiger partial charge in [0.15, 0.2) is 0 Å². The van der Waals surface area contributed by atoms with E-state index in [1.165, 1.54) is 0 Å². The molecule has 0 radical (unpaired) electrons. The number of likely N-dealkylation sites (tertiary alicyclic amines) is 1. The molecule has 1 aliphatic rings. The van der Waals surface area contributed by atoms with E-state index in [0.29, 0.717) is 31.8 Å². The summed E-state index contributed by atoms with van der Waals surface area (Å²) in [6.07, 6.45) is 2.92. The molecule has 1 fully saturated rings. The quantitative estimate of drug-likeness (QED) is 0.723. The van der Waals surface area contributed by atoms with Gasteiger partial charge in [0.25, 0.3) is 0 Å². The van der Waals surface area contributed by atoms with E-state index in [-0.39, 0.29) is 11.8 Å². The van der Waals surface area contributed by atoms with E-state index in [0.717, 1.165) is 12.8 Å². The molecule has 5 heteroatoms. The van der Waals surface area contributed by atoms with Crippen LogP contribution < -0.4 is 11.5 Å². The Hall–Kier alpha value is -1.10. The zero-order valence-electron chi connectivity index (χ0n) is 11.4. The minimum absolute atomic E-state index is 0.0207. The number of carbonyl (C=O) groups excluding carboxylic acids is 2. The molecule has 0 bridgehead atoms. The highest BCUT2D eigenvalue weighted by molar-refractivity contribution is 5.87. The number of rotatable bonds is 6.